The second kappa shape index (κ2) is 5.33. The van der Waals surface area contributed by atoms with Crippen molar-refractivity contribution >= 4 is 0 Å². The first-order chi connectivity index (χ1) is 5.09. The van der Waals surface area contributed by atoms with Gasteiger partial charge in [-0.15, -0.1) is 0 Å². The van der Waals surface area contributed by atoms with Crippen molar-refractivity contribution < 1.29 is 10.2 Å². The van der Waals surface area contributed by atoms with Gasteiger partial charge >= 0.3 is 0 Å². The third-order valence-electron chi connectivity index (χ3n) is 1.77. The summed E-state index contributed by atoms with van der Waals surface area (Å²) in [5.41, 5.74) is 0. The smallest absolute Gasteiger partial charge is 0.0623 e. The molecule has 0 aliphatic rings. The van der Waals surface area contributed by atoms with Gasteiger partial charge in [0.05, 0.1) is 12.7 Å². The predicted molar refractivity (Wildman–Crippen MR) is 46.2 cm³/mol. The normalized spacial score (nSPS) is 17.6. The largest absolute Gasteiger partial charge is 0.392 e. The minimum absolute atomic E-state index is 0.0507. The topological polar surface area (TPSA) is 40.5 Å². The summed E-state index contributed by atoms with van der Waals surface area (Å²) in [5.74, 6) is 0.399. The van der Waals surface area contributed by atoms with Gasteiger partial charge in [0, 0.05) is 5.92 Å². The highest BCUT2D eigenvalue weighted by Gasteiger charge is 2.14. The van der Waals surface area contributed by atoms with E-state index in [1.165, 1.54) is 0 Å². The van der Waals surface area contributed by atoms with Crippen LogP contribution in [0.4, 0.5) is 0 Å². The summed E-state index contributed by atoms with van der Waals surface area (Å²) < 4.78 is 0. The molecule has 2 heteroatoms. The fourth-order valence-corrected chi connectivity index (χ4v) is 0.996. The molecule has 11 heavy (non-hydrogen) atoms. The van der Waals surface area contributed by atoms with E-state index in [0.717, 1.165) is 0 Å². The number of aliphatic hydroxyl groups is 2. The molecule has 0 radical (unpaired) electrons. The summed E-state index contributed by atoms with van der Waals surface area (Å²) in [5, 5.41) is 18.0. The standard InChI is InChI=1S/C9H18O2/c1-7(2)9(11)8(3)5-4-6-10/h4-5,7-11H,6H2,1-3H3/b5-4+/t8-,9+/m0/s1. The quantitative estimate of drug-likeness (QED) is 0.603. The Labute approximate surface area is 68.6 Å². The number of hydrogen-bond donors (Lipinski definition) is 2. The summed E-state index contributed by atoms with van der Waals surface area (Å²) in [6.45, 7) is 5.95. The Bertz CT molecular complexity index is 119. The van der Waals surface area contributed by atoms with E-state index in [4.69, 9.17) is 5.11 Å². The molecule has 0 aliphatic heterocycles. The molecule has 0 aromatic heterocycles. The molecule has 0 amide bonds. The Morgan fingerprint density at radius 3 is 2.18 bits per heavy atom. The molecule has 0 unspecified atom stereocenters. The third kappa shape index (κ3) is 4.17. The second-order valence-electron chi connectivity index (χ2n) is 3.20. The monoisotopic (exact) mass is 158 g/mol. The molecule has 2 atom stereocenters. The summed E-state index contributed by atoms with van der Waals surface area (Å²) >= 11 is 0. The average molecular weight is 158 g/mol. The van der Waals surface area contributed by atoms with Crippen LogP contribution in [0.5, 0.6) is 0 Å². The van der Waals surface area contributed by atoms with Gasteiger partial charge in [-0.1, -0.05) is 32.9 Å². The second-order valence-corrected chi connectivity index (χ2v) is 3.20. The van der Waals surface area contributed by atoms with Crippen LogP contribution in [0.1, 0.15) is 20.8 Å². The van der Waals surface area contributed by atoms with Gasteiger partial charge in [-0.3, -0.25) is 0 Å². The fourth-order valence-electron chi connectivity index (χ4n) is 0.996. The maximum absolute atomic E-state index is 9.49. The molecule has 0 fully saturated rings. The molecule has 0 aromatic rings. The lowest BCUT2D eigenvalue weighted by atomic mass is 9.95. The van der Waals surface area contributed by atoms with Crippen molar-refractivity contribution in [1.82, 2.24) is 0 Å². The zero-order chi connectivity index (χ0) is 8.85. The van der Waals surface area contributed by atoms with Gasteiger partial charge in [-0.05, 0) is 5.92 Å². The first-order valence-corrected chi connectivity index (χ1v) is 4.05. The zero-order valence-electron chi connectivity index (χ0n) is 7.49. The number of hydrogen-bond acceptors (Lipinski definition) is 2. The lowest BCUT2D eigenvalue weighted by Gasteiger charge is -2.18. The molecule has 0 saturated heterocycles. The van der Waals surface area contributed by atoms with E-state index in [1.807, 2.05) is 26.8 Å². The van der Waals surface area contributed by atoms with E-state index in [1.54, 1.807) is 6.08 Å². The highest BCUT2D eigenvalue weighted by Crippen LogP contribution is 2.12. The van der Waals surface area contributed by atoms with E-state index in [2.05, 4.69) is 0 Å². The van der Waals surface area contributed by atoms with Crippen molar-refractivity contribution in [2.75, 3.05) is 6.61 Å². The summed E-state index contributed by atoms with van der Waals surface area (Å²) in [6.07, 6.45) is 3.19. The van der Waals surface area contributed by atoms with Gasteiger partial charge in [-0.2, -0.15) is 0 Å². The molecule has 2 nitrogen and oxygen atoms in total. The lowest BCUT2D eigenvalue weighted by molar-refractivity contribution is 0.0909. The van der Waals surface area contributed by atoms with Crippen LogP contribution in [0, 0.1) is 11.8 Å². The maximum Gasteiger partial charge on any atom is 0.0623 e. The summed E-state index contributed by atoms with van der Waals surface area (Å²) in [7, 11) is 0. The fraction of sp³-hybridized carbons (Fsp3) is 0.778. The first kappa shape index (κ1) is 10.7. The summed E-state index contributed by atoms with van der Waals surface area (Å²) in [4.78, 5) is 0. The molecule has 0 bridgehead atoms. The van der Waals surface area contributed by atoms with Gasteiger partial charge in [0.15, 0.2) is 0 Å². The minimum Gasteiger partial charge on any atom is -0.392 e. The van der Waals surface area contributed by atoms with Crippen LogP contribution < -0.4 is 0 Å². The van der Waals surface area contributed by atoms with Crippen molar-refractivity contribution in [3.05, 3.63) is 12.2 Å². The molecule has 2 N–H and O–H groups in total. The van der Waals surface area contributed by atoms with E-state index >= 15 is 0 Å². The maximum atomic E-state index is 9.49. The van der Waals surface area contributed by atoms with Gasteiger partial charge < -0.3 is 10.2 Å². The molecule has 0 saturated carbocycles. The Morgan fingerprint density at radius 2 is 1.82 bits per heavy atom. The predicted octanol–water partition coefficient (Wildman–Crippen LogP) is 1.19. The van der Waals surface area contributed by atoms with Gasteiger partial charge in [0.2, 0.25) is 0 Å². The van der Waals surface area contributed by atoms with Crippen LogP contribution >= 0.6 is 0 Å². The van der Waals surface area contributed by atoms with Crippen molar-refractivity contribution in [3.63, 3.8) is 0 Å². The summed E-state index contributed by atoms with van der Waals surface area (Å²) in [6, 6.07) is 0. The Morgan fingerprint density at radius 1 is 1.27 bits per heavy atom. The molecule has 0 heterocycles. The van der Waals surface area contributed by atoms with Gasteiger partial charge in [-0.25, -0.2) is 0 Å². The SMILES string of the molecule is CC(C)[C@@H](O)[C@@H](C)/C=C/CO. The Kier molecular flexibility index (Phi) is 5.16. The van der Waals surface area contributed by atoms with Crippen LogP contribution in [0.25, 0.3) is 0 Å². The van der Waals surface area contributed by atoms with Crippen molar-refractivity contribution in [2.45, 2.75) is 26.9 Å². The molecule has 66 valence electrons. The van der Waals surface area contributed by atoms with Gasteiger partial charge in [0.1, 0.15) is 0 Å². The van der Waals surface area contributed by atoms with E-state index in [-0.39, 0.29) is 24.5 Å². The zero-order valence-corrected chi connectivity index (χ0v) is 7.49. The highest BCUT2D eigenvalue weighted by molar-refractivity contribution is 4.90. The lowest BCUT2D eigenvalue weighted by Crippen LogP contribution is -2.22. The number of aliphatic hydroxyl groups excluding tert-OH is 2. The Balaban J connectivity index is 3.81. The van der Waals surface area contributed by atoms with Crippen molar-refractivity contribution in [1.29, 1.82) is 0 Å². The van der Waals surface area contributed by atoms with Gasteiger partial charge in [0.25, 0.3) is 0 Å². The van der Waals surface area contributed by atoms with Crippen LogP contribution in [-0.2, 0) is 0 Å². The van der Waals surface area contributed by atoms with Crippen LogP contribution in [0.3, 0.4) is 0 Å². The molecule has 0 aliphatic carbocycles. The molecular formula is C9H18O2. The third-order valence-corrected chi connectivity index (χ3v) is 1.77. The van der Waals surface area contributed by atoms with E-state index in [9.17, 15) is 5.11 Å². The van der Waals surface area contributed by atoms with Crippen LogP contribution in [0.2, 0.25) is 0 Å². The highest BCUT2D eigenvalue weighted by atomic mass is 16.3. The number of rotatable bonds is 4. The van der Waals surface area contributed by atoms with Crippen LogP contribution in [-0.4, -0.2) is 22.9 Å². The van der Waals surface area contributed by atoms with E-state index in [0.29, 0.717) is 0 Å². The average Bonchev–Trinajstić information content (AvgIpc) is 1.98. The Hall–Kier alpha value is -0.340. The molecule has 0 spiro atoms. The van der Waals surface area contributed by atoms with Crippen LogP contribution in [0.15, 0.2) is 12.2 Å². The van der Waals surface area contributed by atoms with Crippen molar-refractivity contribution in [3.8, 4) is 0 Å². The molecular weight excluding hydrogens is 140 g/mol. The first-order valence-electron chi connectivity index (χ1n) is 4.05. The molecule has 0 rings (SSSR count). The van der Waals surface area contributed by atoms with E-state index < -0.39 is 0 Å². The minimum atomic E-state index is -0.308. The molecule has 0 aromatic carbocycles. The van der Waals surface area contributed by atoms with Crippen molar-refractivity contribution in [2.24, 2.45) is 11.8 Å².